The summed E-state index contributed by atoms with van der Waals surface area (Å²) in [7, 11) is 0. The van der Waals surface area contributed by atoms with Crippen molar-refractivity contribution in [3.63, 3.8) is 0 Å². The van der Waals surface area contributed by atoms with Crippen molar-refractivity contribution < 1.29 is 23.2 Å². The monoisotopic (exact) mass is 637 g/mol. The highest BCUT2D eigenvalue weighted by molar-refractivity contribution is 6.30. The first kappa shape index (κ1) is 32.7. The van der Waals surface area contributed by atoms with Crippen LogP contribution in [0.1, 0.15) is 81.8 Å². The number of benzene rings is 2. The standard InChI is InChI=1S/C35H41ClFN3O5/c1-34(2,3)39-33(44)35(23-8-5-4-6-9-23)16-18-40(19-17-35)32(43)27(20-22-12-14-24(36)15-13-22)38-31(42)29-21-28(41)25-10-7-11-26(37)30(25)45-29/h7,10-15,21,23,27H,4-6,8-9,16-20H2,1-3H3,(H,38,42)(H,39,44)/t27-/m1/s1. The Balaban J connectivity index is 1.39. The molecule has 1 saturated carbocycles. The molecule has 2 heterocycles. The fraction of sp³-hybridized carbons (Fsp3) is 0.486. The second kappa shape index (κ2) is 13.3. The molecule has 3 amide bonds. The van der Waals surface area contributed by atoms with Gasteiger partial charge in [-0.25, -0.2) is 4.39 Å². The molecule has 240 valence electrons. The van der Waals surface area contributed by atoms with Gasteiger partial charge in [-0.1, -0.05) is 49.1 Å². The zero-order chi connectivity index (χ0) is 32.4. The van der Waals surface area contributed by atoms with Gasteiger partial charge in [-0.2, -0.15) is 0 Å². The minimum Gasteiger partial charge on any atom is -0.448 e. The molecule has 2 N–H and O–H groups in total. The Morgan fingerprint density at radius 3 is 2.36 bits per heavy atom. The van der Waals surface area contributed by atoms with E-state index in [1.165, 1.54) is 18.6 Å². The van der Waals surface area contributed by atoms with E-state index < -0.39 is 28.6 Å². The Labute approximate surface area is 267 Å². The predicted octanol–water partition coefficient (Wildman–Crippen LogP) is 6.03. The van der Waals surface area contributed by atoms with Crippen molar-refractivity contribution >= 4 is 40.3 Å². The van der Waals surface area contributed by atoms with Gasteiger partial charge in [0.15, 0.2) is 22.6 Å². The molecule has 1 atom stereocenters. The van der Waals surface area contributed by atoms with Crippen LogP contribution in [0.15, 0.2) is 57.7 Å². The van der Waals surface area contributed by atoms with Gasteiger partial charge in [-0.05, 0) is 82.2 Å². The number of carbonyl (C=O) groups excluding carboxylic acids is 3. The van der Waals surface area contributed by atoms with Crippen LogP contribution in [0.3, 0.4) is 0 Å². The largest absolute Gasteiger partial charge is 0.448 e. The molecule has 0 spiro atoms. The number of fused-ring (bicyclic) bond motifs is 1. The second-order valence-electron chi connectivity index (χ2n) is 13.5. The van der Waals surface area contributed by atoms with Crippen molar-refractivity contribution in [1.29, 1.82) is 0 Å². The number of piperidine rings is 1. The van der Waals surface area contributed by atoms with Crippen LogP contribution >= 0.6 is 11.6 Å². The van der Waals surface area contributed by atoms with Crippen LogP contribution < -0.4 is 16.1 Å². The van der Waals surface area contributed by atoms with E-state index in [1.54, 1.807) is 29.2 Å². The second-order valence-corrected chi connectivity index (χ2v) is 13.9. The van der Waals surface area contributed by atoms with E-state index in [0.29, 0.717) is 31.0 Å². The normalized spacial score (nSPS) is 17.9. The molecule has 45 heavy (non-hydrogen) atoms. The van der Waals surface area contributed by atoms with Gasteiger partial charge in [0.2, 0.25) is 11.8 Å². The molecule has 0 radical (unpaired) electrons. The van der Waals surface area contributed by atoms with Crippen molar-refractivity contribution in [2.45, 2.75) is 83.7 Å². The van der Waals surface area contributed by atoms with Crippen LogP contribution in [0.5, 0.6) is 0 Å². The number of carbonyl (C=O) groups is 3. The summed E-state index contributed by atoms with van der Waals surface area (Å²) in [5.74, 6) is -1.95. The number of para-hydroxylation sites is 1. The van der Waals surface area contributed by atoms with Gasteiger partial charge in [0, 0.05) is 36.1 Å². The van der Waals surface area contributed by atoms with E-state index in [0.717, 1.165) is 43.4 Å². The number of hydrogen-bond acceptors (Lipinski definition) is 5. The number of halogens is 2. The Bertz CT molecular complexity index is 1620. The molecule has 2 fully saturated rings. The van der Waals surface area contributed by atoms with E-state index in [-0.39, 0.29) is 46.4 Å². The lowest BCUT2D eigenvalue weighted by Crippen LogP contribution is -2.59. The number of hydrogen-bond donors (Lipinski definition) is 2. The Morgan fingerprint density at radius 2 is 1.71 bits per heavy atom. The fourth-order valence-corrected chi connectivity index (χ4v) is 6.95. The van der Waals surface area contributed by atoms with Crippen molar-refractivity contribution in [2.24, 2.45) is 11.3 Å². The van der Waals surface area contributed by atoms with E-state index in [2.05, 4.69) is 10.6 Å². The molecule has 0 bridgehead atoms. The van der Waals surface area contributed by atoms with E-state index in [4.69, 9.17) is 16.0 Å². The number of nitrogens with zero attached hydrogens (tertiary/aromatic N) is 1. The maximum atomic E-state index is 14.4. The Morgan fingerprint density at radius 1 is 1.04 bits per heavy atom. The summed E-state index contributed by atoms with van der Waals surface area (Å²) >= 11 is 6.08. The summed E-state index contributed by atoms with van der Waals surface area (Å²) in [5.41, 5.74) is -1.05. The number of nitrogens with one attached hydrogen (secondary N) is 2. The molecule has 1 aliphatic heterocycles. The smallest absolute Gasteiger partial charge is 0.287 e. The minimum atomic E-state index is -1.01. The summed E-state index contributed by atoms with van der Waals surface area (Å²) in [4.78, 5) is 55.7. The molecule has 1 saturated heterocycles. The molecular weight excluding hydrogens is 597 g/mol. The summed E-state index contributed by atoms with van der Waals surface area (Å²) < 4.78 is 20.0. The average molecular weight is 638 g/mol. The molecule has 10 heteroatoms. The third-order valence-electron chi connectivity index (χ3n) is 9.18. The van der Waals surface area contributed by atoms with Gasteiger partial charge in [-0.15, -0.1) is 0 Å². The zero-order valence-electron chi connectivity index (χ0n) is 26.1. The van der Waals surface area contributed by atoms with Crippen LogP contribution in [0.25, 0.3) is 11.0 Å². The molecule has 2 aromatic carbocycles. The number of amides is 3. The highest BCUT2D eigenvalue weighted by Crippen LogP contribution is 2.46. The Hall–Kier alpha value is -3.72. The quantitative estimate of drug-likeness (QED) is 0.329. The van der Waals surface area contributed by atoms with Gasteiger partial charge in [0.05, 0.1) is 10.8 Å². The van der Waals surface area contributed by atoms with Crippen molar-refractivity contribution in [3.8, 4) is 0 Å². The lowest BCUT2D eigenvalue weighted by atomic mass is 9.63. The molecule has 3 aromatic rings. The van der Waals surface area contributed by atoms with Crippen molar-refractivity contribution in [1.82, 2.24) is 15.5 Å². The van der Waals surface area contributed by atoms with Gasteiger partial charge in [0.1, 0.15) is 6.04 Å². The lowest BCUT2D eigenvalue weighted by molar-refractivity contribution is -0.147. The molecule has 2 aliphatic rings. The number of rotatable bonds is 7. The van der Waals surface area contributed by atoms with Crippen LogP contribution in [-0.2, 0) is 16.0 Å². The lowest BCUT2D eigenvalue weighted by Gasteiger charge is -2.48. The van der Waals surface area contributed by atoms with E-state index >= 15 is 0 Å². The van der Waals surface area contributed by atoms with E-state index in [9.17, 15) is 23.6 Å². The zero-order valence-corrected chi connectivity index (χ0v) is 26.8. The topological polar surface area (TPSA) is 109 Å². The first-order valence-electron chi connectivity index (χ1n) is 15.8. The molecule has 1 aliphatic carbocycles. The summed E-state index contributed by atoms with van der Waals surface area (Å²) in [6.45, 7) is 6.68. The maximum Gasteiger partial charge on any atom is 0.287 e. The van der Waals surface area contributed by atoms with Gasteiger partial charge >= 0.3 is 0 Å². The van der Waals surface area contributed by atoms with Crippen LogP contribution in [0.4, 0.5) is 4.39 Å². The third kappa shape index (κ3) is 7.40. The summed E-state index contributed by atoms with van der Waals surface area (Å²) in [6, 6.07) is 10.9. The number of likely N-dealkylation sites (tertiary alicyclic amines) is 1. The van der Waals surface area contributed by atoms with Crippen molar-refractivity contribution in [3.05, 3.63) is 80.9 Å². The SMILES string of the molecule is CC(C)(C)NC(=O)C1(C2CCCCC2)CCN(C(=O)[C@@H](Cc2ccc(Cl)cc2)NC(=O)c2cc(=O)c3cccc(F)c3o2)CC1. The first-order valence-corrected chi connectivity index (χ1v) is 16.1. The molecule has 8 nitrogen and oxygen atoms in total. The minimum absolute atomic E-state index is 0.0191. The van der Waals surface area contributed by atoms with Crippen molar-refractivity contribution in [2.75, 3.05) is 13.1 Å². The highest BCUT2D eigenvalue weighted by Gasteiger charge is 2.49. The van der Waals surface area contributed by atoms with Crippen LogP contribution in [0, 0.1) is 17.2 Å². The average Bonchev–Trinajstić information content (AvgIpc) is 3.01. The molecular formula is C35H41ClFN3O5. The van der Waals surface area contributed by atoms with Crippen LogP contribution in [0.2, 0.25) is 5.02 Å². The third-order valence-corrected chi connectivity index (χ3v) is 9.43. The van der Waals surface area contributed by atoms with Gasteiger partial charge in [-0.3, -0.25) is 19.2 Å². The van der Waals surface area contributed by atoms with E-state index in [1.807, 2.05) is 20.8 Å². The molecule has 5 rings (SSSR count). The maximum absolute atomic E-state index is 14.4. The highest BCUT2D eigenvalue weighted by atomic mass is 35.5. The summed E-state index contributed by atoms with van der Waals surface area (Å²) in [5, 5.41) is 6.52. The molecule has 0 unspecified atom stereocenters. The summed E-state index contributed by atoms with van der Waals surface area (Å²) in [6.07, 6.45) is 6.59. The van der Waals surface area contributed by atoms with Crippen LogP contribution in [-0.4, -0.2) is 47.3 Å². The fourth-order valence-electron chi connectivity index (χ4n) is 6.83. The van der Waals surface area contributed by atoms with Gasteiger partial charge < -0.3 is 20.0 Å². The predicted molar refractivity (Wildman–Crippen MR) is 172 cm³/mol. The van der Waals surface area contributed by atoms with Gasteiger partial charge in [0.25, 0.3) is 5.91 Å². The Kier molecular flexibility index (Phi) is 9.68. The first-order chi connectivity index (χ1) is 21.4. The molecule has 1 aromatic heterocycles.